The summed E-state index contributed by atoms with van der Waals surface area (Å²) in [5, 5.41) is 9.06. The van der Waals surface area contributed by atoms with Gasteiger partial charge in [0.2, 0.25) is 0 Å². The van der Waals surface area contributed by atoms with Crippen molar-refractivity contribution in [2.75, 3.05) is 37.7 Å². The van der Waals surface area contributed by atoms with E-state index >= 15 is 0 Å². The molecule has 0 bridgehead atoms. The van der Waals surface area contributed by atoms with E-state index in [1.807, 2.05) is 30.0 Å². The zero-order valence-corrected chi connectivity index (χ0v) is 13.3. The molecular weight excluding hydrogens is 292 g/mol. The van der Waals surface area contributed by atoms with Gasteiger partial charge in [-0.15, -0.1) is 12.4 Å². The summed E-state index contributed by atoms with van der Waals surface area (Å²) in [6.45, 7) is 7.52. The number of carbonyl (C=O) groups is 1. The number of rotatable bonds is 5. The van der Waals surface area contributed by atoms with Gasteiger partial charge in [0.05, 0.1) is 12.3 Å². The summed E-state index contributed by atoms with van der Waals surface area (Å²) < 4.78 is 5.65. The van der Waals surface area contributed by atoms with Crippen LogP contribution in [0, 0.1) is 0 Å². The predicted molar refractivity (Wildman–Crippen MR) is 85.7 cm³/mol. The molecule has 0 radical (unpaired) electrons. The van der Waals surface area contributed by atoms with Crippen LogP contribution in [-0.4, -0.2) is 54.8 Å². The fourth-order valence-corrected chi connectivity index (χ4v) is 2.50. The third-order valence-corrected chi connectivity index (χ3v) is 3.73. The van der Waals surface area contributed by atoms with Gasteiger partial charge in [-0.1, -0.05) is 12.1 Å². The van der Waals surface area contributed by atoms with Crippen molar-refractivity contribution in [2.45, 2.75) is 19.9 Å². The molecule has 118 valence electrons. The molecule has 21 heavy (non-hydrogen) atoms. The number of piperazine rings is 1. The van der Waals surface area contributed by atoms with Crippen LogP contribution in [0.3, 0.4) is 0 Å². The number of para-hydroxylation sites is 2. The molecule has 1 N–H and O–H groups in total. The Hall–Kier alpha value is -1.46. The molecule has 0 spiro atoms. The van der Waals surface area contributed by atoms with Crippen molar-refractivity contribution in [1.82, 2.24) is 4.90 Å². The lowest BCUT2D eigenvalue weighted by Crippen LogP contribution is -2.51. The fourth-order valence-electron chi connectivity index (χ4n) is 2.50. The molecule has 5 nitrogen and oxygen atoms in total. The molecule has 1 aromatic rings. The molecule has 2 rings (SSSR count). The second-order valence-electron chi connectivity index (χ2n) is 4.94. The molecule has 0 amide bonds. The Labute approximate surface area is 131 Å². The molecule has 1 saturated heterocycles. The Morgan fingerprint density at radius 2 is 1.90 bits per heavy atom. The molecule has 0 aromatic heterocycles. The quantitative estimate of drug-likeness (QED) is 0.902. The van der Waals surface area contributed by atoms with Crippen LogP contribution in [0.25, 0.3) is 0 Å². The third kappa shape index (κ3) is 4.25. The number of hydrogen-bond donors (Lipinski definition) is 1. The highest BCUT2D eigenvalue weighted by Gasteiger charge is 2.26. The van der Waals surface area contributed by atoms with E-state index in [1.54, 1.807) is 6.92 Å². The molecule has 1 aliphatic heterocycles. The first kappa shape index (κ1) is 17.6. The van der Waals surface area contributed by atoms with Gasteiger partial charge in [-0.3, -0.25) is 9.69 Å². The van der Waals surface area contributed by atoms with Crippen molar-refractivity contribution in [1.29, 1.82) is 0 Å². The summed E-state index contributed by atoms with van der Waals surface area (Å²) in [4.78, 5) is 15.3. The summed E-state index contributed by atoms with van der Waals surface area (Å²) in [5.41, 5.74) is 1.09. The van der Waals surface area contributed by atoms with Crippen LogP contribution in [0.4, 0.5) is 5.69 Å². The number of halogens is 1. The lowest BCUT2D eigenvalue weighted by molar-refractivity contribution is -0.142. The maximum absolute atomic E-state index is 11.0. The monoisotopic (exact) mass is 314 g/mol. The summed E-state index contributed by atoms with van der Waals surface area (Å²) in [7, 11) is 0. The number of carboxylic acids is 1. The Bertz CT molecular complexity index is 462. The number of anilines is 1. The fraction of sp³-hybridized carbons (Fsp3) is 0.533. The van der Waals surface area contributed by atoms with Crippen molar-refractivity contribution >= 4 is 24.1 Å². The topological polar surface area (TPSA) is 53.0 Å². The van der Waals surface area contributed by atoms with Gasteiger partial charge >= 0.3 is 5.97 Å². The first-order chi connectivity index (χ1) is 9.63. The van der Waals surface area contributed by atoms with Crippen LogP contribution in [0.2, 0.25) is 0 Å². The lowest BCUT2D eigenvalue weighted by atomic mass is 10.2. The number of nitrogens with zero attached hydrogens (tertiary/aromatic N) is 2. The number of hydrogen-bond acceptors (Lipinski definition) is 4. The summed E-state index contributed by atoms with van der Waals surface area (Å²) >= 11 is 0. The van der Waals surface area contributed by atoms with E-state index in [4.69, 9.17) is 9.84 Å². The Kier molecular flexibility index (Phi) is 6.78. The first-order valence-electron chi connectivity index (χ1n) is 7.07. The van der Waals surface area contributed by atoms with Crippen molar-refractivity contribution in [3.8, 4) is 5.75 Å². The minimum Gasteiger partial charge on any atom is -0.492 e. The molecule has 1 fully saturated rings. The van der Waals surface area contributed by atoms with E-state index in [1.165, 1.54) is 0 Å². The minimum atomic E-state index is -0.756. The van der Waals surface area contributed by atoms with Crippen LogP contribution in [-0.2, 0) is 4.79 Å². The lowest BCUT2D eigenvalue weighted by Gasteiger charge is -2.38. The minimum absolute atomic E-state index is 0. The zero-order chi connectivity index (χ0) is 14.5. The SMILES string of the molecule is CCOc1ccccc1N1CCN(C(C)C(=O)O)CC1.Cl. The van der Waals surface area contributed by atoms with Gasteiger partial charge in [0.25, 0.3) is 0 Å². The molecule has 1 aliphatic rings. The second kappa shape index (κ2) is 8.10. The highest BCUT2D eigenvalue weighted by atomic mass is 35.5. The van der Waals surface area contributed by atoms with E-state index in [-0.39, 0.29) is 12.4 Å². The normalized spacial score (nSPS) is 17.0. The third-order valence-electron chi connectivity index (χ3n) is 3.73. The van der Waals surface area contributed by atoms with E-state index in [0.717, 1.165) is 37.6 Å². The molecule has 1 aromatic carbocycles. The first-order valence-corrected chi connectivity index (χ1v) is 7.07. The average molecular weight is 315 g/mol. The zero-order valence-electron chi connectivity index (χ0n) is 12.5. The van der Waals surface area contributed by atoms with E-state index in [9.17, 15) is 4.79 Å². The van der Waals surface area contributed by atoms with Crippen LogP contribution in [0.5, 0.6) is 5.75 Å². The van der Waals surface area contributed by atoms with Crippen molar-refractivity contribution in [2.24, 2.45) is 0 Å². The van der Waals surface area contributed by atoms with Crippen LogP contribution < -0.4 is 9.64 Å². The second-order valence-corrected chi connectivity index (χ2v) is 4.94. The van der Waals surface area contributed by atoms with E-state index < -0.39 is 12.0 Å². The standard InChI is InChI=1S/C15H22N2O3.ClH/c1-3-20-14-7-5-4-6-13(14)17-10-8-16(9-11-17)12(2)15(18)19;/h4-7,12H,3,8-11H2,1-2H3,(H,18,19);1H. The smallest absolute Gasteiger partial charge is 0.320 e. The molecule has 1 atom stereocenters. The Morgan fingerprint density at radius 3 is 2.48 bits per heavy atom. The van der Waals surface area contributed by atoms with Gasteiger partial charge in [-0.2, -0.15) is 0 Å². The van der Waals surface area contributed by atoms with Crippen LogP contribution in [0.1, 0.15) is 13.8 Å². The molecule has 0 saturated carbocycles. The Morgan fingerprint density at radius 1 is 1.29 bits per heavy atom. The molecule has 6 heteroatoms. The van der Waals surface area contributed by atoms with Crippen molar-refractivity contribution in [3.05, 3.63) is 24.3 Å². The molecule has 1 heterocycles. The maximum Gasteiger partial charge on any atom is 0.320 e. The summed E-state index contributed by atoms with van der Waals surface area (Å²) in [5.74, 6) is 0.142. The number of benzene rings is 1. The van der Waals surface area contributed by atoms with Crippen molar-refractivity contribution < 1.29 is 14.6 Å². The Balaban J connectivity index is 0.00000220. The highest BCUT2D eigenvalue weighted by molar-refractivity contribution is 5.85. The number of carboxylic acid groups (broad SMARTS) is 1. The summed E-state index contributed by atoms with van der Waals surface area (Å²) in [6, 6.07) is 7.59. The van der Waals surface area contributed by atoms with Crippen molar-refractivity contribution in [3.63, 3.8) is 0 Å². The van der Waals surface area contributed by atoms with Crippen LogP contribution >= 0.6 is 12.4 Å². The molecule has 1 unspecified atom stereocenters. The van der Waals surface area contributed by atoms with Gasteiger partial charge in [0.15, 0.2) is 0 Å². The van der Waals surface area contributed by atoms with E-state index in [2.05, 4.69) is 11.0 Å². The predicted octanol–water partition coefficient (Wildman–Crippen LogP) is 2.10. The maximum atomic E-state index is 11.0. The molecule has 0 aliphatic carbocycles. The van der Waals surface area contributed by atoms with E-state index in [0.29, 0.717) is 6.61 Å². The average Bonchev–Trinajstić information content (AvgIpc) is 2.47. The van der Waals surface area contributed by atoms with Gasteiger partial charge < -0.3 is 14.7 Å². The van der Waals surface area contributed by atoms with Gasteiger partial charge in [-0.05, 0) is 26.0 Å². The molecular formula is C15H23ClN2O3. The summed E-state index contributed by atoms with van der Waals surface area (Å²) in [6.07, 6.45) is 0. The number of ether oxygens (including phenoxy) is 1. The van der Waals surface area contributed by atoms with Crippen LogP contribution in [0.15, 0.2) is 24.3 Å². The van der Waals surface area contributed by atoms with Gasteiger partial charge in [0.1, 0.15) is 11.8 Å². The van der Waals surface area contributed by atoms with Gasteiger partial charge in [0, 0.05) is 26.2 Å². The largest absolute Gasteiger partial charge is 0.492 e. The highest BCUT2D eigenvalue weighted by Crippen LogP contribution is 2.28. The van der Waals surface area contributed by atoms with Gasteiger partial charge in [-0.25, -0.2) is 0 Å². The number of aliphatic carboxylic acids is 1.